The van der Waals surface area contributed by atoms with Crippen LogP contribution < -0.4 is 5.32 Å². The molecule has 2 heterocycles. The van der Waals surface area contributed by atoms with Gasteiger partial charge < -0.3 is 5.32 Å². The molecule has 2 aromatic heterocycles. The van der Waals surface area contributed by atoms with Gasteiger partial charge in [0.15, 0.2) is 0 Å². The van der Waals surface area contributed by atoms with Gasteiger partial charge in [-0.25, -0.2) is 4.98 Å². The second-order valence-electron chi connectivity index (χ2n) is 3.03. The van der Waals surface area contributed by atoms with Gasteiger partial charge in [0.05, 0.1) is 11.9 Å². The van der Waals surface area contributed by atoms with Crippen molar-refractivity contribution in [3.05, 3.63) is 53.0 Å². The molecule has 5 heteroatoms. The lowest BCUT2D eigenvalue weighted by Crippen LogP contribution is -2.14. The summed E-state index contributed by atoms with van der Waals surface area (Å²) in [6.45, 7) is 0. The molecule has 0 atom stereocenters. The van der Waals surface area contributed by atoms with Crippen LogP contribution in [0.3, 0.4) is 0 Å². The average molecular weight is 278 g/mol. The normalized spacial score (nSPS) is 9.81. The van der Waals surface area contributed by atoms with Crippen LogP contribution in [0.2, 0.25) is 0 Å². The Morgan fingerprint density at radius 1 is 1.25 bits per heavy atom. The second kappa shape index (κ2) is 4.85. The number of hydrogen-bond donors (Lipinski definition) is 1. The summed E-state index contributed by atoms with van der Waals surface area (Å²) in [6.07, 6.45) is 4.80. The molecule has 80 valence electrons. The van der Waals surface area contributed by atoms with Crippen LogP contribution in [0.1, 0.15) is 10.5 Å². The van der Waals surface area contributed by atoms with E-state index in [0.717, 1.165) is 0 Å². The monoisotopic (exact) mass is 277 g/mol. The van der Waals surface area contributed by atoms with E-state index in [1.54, 1.807) is 42.9 Å². The lowest BCUT2D eigenvalue weighted by atomic mass is 10.3. The van der Waals surface area contributed by atoms with E-state index in [9.17, 15) is 4.79 Å². The number of anilines is 1. The number of pyridine rings is 2. The molecule has 16 heavy (non-hydrogen) atoms. The smallest absolute Gasteiger partial charge is 0.275 e. The fraction of sp³-hybridized carbons (Fsp3) is 0. The van der Waals surface area contributed by atoms with Crippen LogP contribution in [-0.2, 0) is 0 Å². The first-order valence-corrected chi connectivity index (χ1v) is 5.38. The number of amides is 1. The molecule has 2 rings (SSSR count). The molecule has 2 aromatic rings. The minimum Gasteiger partial charge on any atom is -0.319 e. The second-order valence-corrected chi connectivity index (χ2v) is 3.88. The highest BCUT2D eigenvalue weighted by Crippen LogP contribution is 2.14. The number of nitrogens with zero attached hydrogens (tertiary/aromatic N) is 2. The van der Waals surface area contributed by atoms with Crippen molar-refractivity contribution >= 4 is 27.5 Å². The van der Waals surface area contributed by atoms with Gasteiger partial charge in [0.25, 0.3) is 5.91 Å². The summed E-state index contributed by atoms with van der Waals surface area (Å²) in [5.41, 5.74) is 0.997. The first-order chi connectivity index (χ1) is 7.77. The average Bonchev–Trinajstić information content (AvgIpc) is 2.31. The predicted octanol–water partition coefficient (Wildman–Crippen LogP) is 2.49. The molecule has 0 unspecified atom stereocenters. The highest BCUT2D eigenvalue weighted by molar-refractivity contribution is 9.10. The summed E-state index contributed by atoms with van der Waals surface area (Å²) in [6, 6.07) is 7.04. The van der Waals surface area contributed by atoms with Gasteiger partial charge in [-0.3, -0.25) is 9.78 Å². The molecule has 0 saturated heterocycles. The van der Waals surface area contributed by atoms with Crippen molar-refractivity contribution in [2.45, 2.75) is 0 Å². The van der Waals surface area contributed by atoms with Gasteiger partial charge >= 0.3 is 0 Å². The first-order valence-electron chi connectivity index (χ1n) is 4.59. The summed E-state index contributed by atoms with van der Waals surface area (Å²) in [4.78, 5) is 19.7. The zero-order chi connectivity index (χ0) is 11.4. The maximum Gasteiger partial charge on any atom is 0.275 e. The Bertz CT molecular complexity index is 502. The number of nitrogens with one attached hydrogen (secondary N) is 1. The molecule has 1 N–H and O–H groups in total. The maximum absolute atomic E-state index is 11.8. The molecule has 4 nitrogen and oxygen atoms in total. The third kappa shape index (κ3) is 2.43. The first kappa shape index (κ1) is 10.8. The van der Waals surface area contributed by atoms with E-state index in [1.165, 1.54) is 0 Å². The van der Waals surface area contributed by atoms with Crippen molar-refractivity contribution in [3.63, 3.8) is 0 Å². The van der Waals surface area contributed by atoms with Crippen LogP contribution in [0, 0.1) is 0 Å². The van der Waals surface area contributed by atoms with Crippen LogP contribution in [-0.4, -0.2) is 15.9 Å². The Morgan fingerprint density at radius 3 is 2.75 bits per heavy atom. The topological polar surface area (TPSA) is 54.9 Å². The van der Waals surface area contributed by atoms with Gasteiger partial charge in [0, 0.05) is 16.9 Å². The zero-order valence-electron chi connectivity index (χ0n) is 8.22. The van der Waals surface area contributed by atoms with E-state index < -0.39 is 0 Å². The largest absolute Gasteiger partial charge is 0.319 e. The van der Waals surface area contributed by atoms with E-state index >= 15 is 0 Å². The van der Waals surface area contributed by atoms with E-state index in [1.807, 2.05) is 0 Å². The third-order valence-electron chi connectivity index (χ3n) is 1.89. The number of carbonyl (C=O) groups excluding carboxylic acids is 1. The van der Waals surface area contributed by atoms with Crippen LogP contribution in [0.25, 0.3) is 0 Å². The zero-order valence-corrected chi connectivity index (χ0v) is 9.81. The van der Waals surface area contributed by atoms with Crippen molar-refractivity contribution in [2.24, 2.45) is 0 Å². The molecule has 0 saturated carbocycles. The van der Waals surface area contributed by atoms with Crippen LogP contribution in [0.5, 0.6) is 0 Å². The van der Waals surface area contributed by atoms with Gasteiger partial charge in [0.2, 0.25) is 0 Å². The van der Waals surface area contributed by atoms with Crippen LogP contribution in [0.15, 0.2) is 47.3 Å². The molecule has 0 radical (unpaired) electrons. The maximum atomic E-state index is 11.8. The number of rotatable bonds is 2. The molecule has 0 fully saturated rings. The highest BCUT2D eigenvalue weighted by atomic mass is 79.9. The fourth-order valence-electron chi connectivity index (χ4n) is 1.18. The van der Waals surface area contributed by atoms with E-state index in [4.69, 9.17) is 0 Å². The lowest BCUT2D eigenvalue weighted by molar-refractivity contribution is 0.102. The molecule has 0 aliphatic heterocycles. The standard InChI is InChI=1S/C11H8BrN3O/c12-9-4-2-6-14-10(9)11(16)15-8-3-1-5-13-7-8/h1-7H,(H,15,16). The summed E-state index contributed by atoms with van der Waals surface area (Å²) in [5, 5.41) is 2.71. The molecule has 0 aliphatic carbocycles. The minimum atomic E-state index is -0.263. The lowest BCUT2D eigenvalue weighted by Gasteiger charge is -2.04. The van der Waals surface area contributed by atoms with Gasteiger partial charge in [-0.15, -0.1) is 0 Å². The molecular formula is C11H8BrN3O. The SMILES string of the molecule is O=C(Nc1cccnc1)c1ncccc1Br. The number of hydrogen-bond acceptors (Lipinski definition) is 3. The van der Waals surface area contributed by atoms with Crippen molar-refractivity contribution in [1.29, 1.82) is 0 Å². The van der Waals surface area contributed by atoms with Crippen LogP contribution in [0.4, 0.5) is 5.69 Å². The number of aromatic nitrogens is 2. The van der Waals surface area contributed by atoms with Crippen LogP contribution >= 0.6 is 15.9 Å². The highest BCUT2D eigenvalue weighted by Gasteiger charge is 2.10. The van der Waals surface area contributed by atoms with Crippen molar-refractivity contribution in [1.82, 2.24) is 9.97 Å². The summed E-state index contributed by atoms with van der Waals surface area (Å²) in [7, 11) is 0. The Hall–Kier alpha value is -1.75. The van der Waals surface area contributed by atoms with Gasteiger partial charge in [0.1, 0.15) is 5.69 Å². The Kier molecular flexibility index (Phi) is 3.26. The molecular weight excluding hydrogens is 270 g/mol. The minimum absolute atomic E-state index is 0.263. The van der Waals surface area contributed by atoms with E-state index in [-0.39, 0.29) is 5.91 Å². The molecule has 0 bridgehead atoms. The third-order valence-corrected chi connectivity index (χ3v) is 2.53. The molecule has 0 spiro atoms. The molecule has 0 aliphatic rings. The Labute approximate surface area is 101 Å². The van der Waals surface area contributed by atoms with Crippen molar-refractivity contribution in [3.8, 4) is 0 Å². The van der Waals surface area contributed by atoms with Gasteiger partial charge in [-0.1, -0.05) is 0 Å². The van der Waals surface area contributed by atoms with Gasteiger partial charge in [-0.05, 0) is 40.2 Å². The molecule has 1 amide bonds. The Balaban J connectivity index is 2.19. The van der Waals surface area contributed by atoms with Crippen molar-refractivity contribution in [2.75, 3.05) is 5.32 Å². The summed E-state index contributed by atoms with van der Waals surface area (Å²) in [5.74, 6) is -0.263. The number of carbonyl (C=O) groups is 1. The van der Waals surface area contributed by atoms with E-state index in [0.29, 0.717) is 15.9 Å². The summed E-state index contributed by atoms with van der Waals surface area (Å²) >= 11 is 3.27. The number of halogens is 1. The van der Waals surface area contributed by atoms with E-state index in [2.05, 4.69) is 31.2 Å². The predicted molar refractivity (Wildman–Crippen MR) is 64.1 cm³/mol. The van der Waals surface area contributed by atoms with Gasteiger partial charge in [-0.2, -0.15) is 0 Å². The fourth-order valence-corrected chi connectivity index (χ4v) is 1.61. The van der Waals surface area contributed by atoms with Crippen molar-refractivity contribution < 1.29 is 4.79 Å². The Morgan fingerprint density at radius 2 is 2.06 bits per heavy atom. The summed E-state index contributed by atoms with van der Waals surface area (Å²) < 4.78 is 0.663. The quantitative estimate of drug-likeness (QED) is 0.918. The molecule has 0 aromatic carbocycles.